The molecule has 1 aliphatic heterocycles. The molecular formula is C17H20N4O6S2. The zero-order valence-electron chi connectivity index (χ0n) is 15.3. The summed E-state index contributed by atoms with van der Waals surface area (Å²) in [6, 6.07) is 8.17. The van der Waals surface area contributed by atoms with Crippen molar-refractivity contribution >= 4 is 25.7 Å². The highest BCUT2D eigenvalue weighted by Crippen LogP contribution is 2.25. The quantitative estimate of drug-likeness (QED) is 0.506. The van der Waals surface area contributed by atoms with Crippen LogP contribution < -0.4 is 4.72 Å². The standard InChI is InChI=1S/C17H20N4O6S2/c22-21(23)16-5-1-2-6-17(16)28(24,25)19-12-14-7-10-20(11-8-14)29(26,27)15-4-3-9-18-13-15/h1-6,9,13-14,19H,7-8,10-12H2. The summed E-state index contributed by atoms with van der Waals surface area (Å²) in [7, 11) is -7.68. The lowest BCUT2D eigenvalue weighted by Gasteiger charge is -2.31. The number of nitrogens with one attached hydrogen (secondary N) is 1. The van der Waals surface area contributed by atoms with E-state index in [0.29, 0.717) is 12.8 Å². The first-order valence-electron chi connectivity index (χ1n) is 8.85. The van der Waals surface area contributed by atoms with Gasteiger partial charge >= 0.3 is 0 Å². The number of aromatic nitrogens is 1. The molecule has 0 amide bonds. The van der Waals surface area contributed by atoms with Gasteiger partial charge in [0, 0.05) is 38.1 Å². The number of hydrogen-bond donors (Lipinski definition) is 1. The summed E-state index contributed by atoms with van der Waals surface area (Å²) in [6.07, 6.45) is 3.73. The number of nitro benzene ring substituents is 1. The van der Waals surface area contributed by atoms with Gasteiger partial charge in [-0.2, -0.15) is 4.31 Å². The number of nitrogens with zero attached hydrogens (tertiary/aromatic N) is 3. The van der Waals surface area contributed by atoms with Gasteiger partial charge in [-0.3, -0.25) is 15.1 Å². The lowest BCUT2D eigenvalue weighted by Crippen LogP contribution is -2.41. The number of piperidine rings is 1. The summed E-state index contributed by atoms with van der Waals surface area (Å²) >= 11 is 0. The molecule has 12 heteroatoms. The predicted octanol–water partition coefficient (Wildman–Crippen LogP) is 1.37. The van der Waals surface area contributed by atoms with E-state index in [2.05, 4.69) is 9.71 Å². The van der Waals surface area contributed by atoms with Crippen LogP contribution in [0.3, 0.4) is 0 Å². The SMILES string of the molecule is O=[N+]([O-])c1ccccc1S(=O)(=O)NCC1CCN(S(=O)(=O)c2cccnc2)CC1. The van der Waals surface area contributed by atoms with Gasteiger partial charge < -0.3 is 0 Å². The van der Waals surface area contributed by atoms with E-state index in [-0.39, 0.29) is 35.3 Å². The lowest BCUT2D eigenvalue weighted by molar-refractivity contribution is -0.387. The van der Waals surface area contributed by atoms with Gasteiger partial charge in [0.05, 0.1) is 4.92 Å². The smallest absolute Gasteiger partial charge is 0.263 e. The van der Waals surface area contributed by atoms with E-state index in [1.807, 2.05) is 0 Å². The molecule has 3 rings (SSSR count). The van der Waals surface area contributed by atoms with Gasteiger partial charge in [0.2, 0.25) is 20.0 Å². The Morgan fingerprint density at radius 2 is 1.79 bits per heavy atom. The summed E-state index contributed by atoms with van der Waals surface area (Å²) in [5.41, 5.74) is -0.489. The number of benzene rings is 1. The van der Waals surface area contributed by atoms with E-state index in [0.717, 1.165) is 6.07 Å². The average molecular weight is 441 g/mol. The van der Waals surface area contributed by atoms with Crippen molar-refractivity contribution in [3.63, 3.8) is 0 Å². The first-order valence-corrected chi connectivity index (χ1v) is 11.8. The van der Waals surface area contributed by atoms with Gasteiger partial charge in [-0.15, -0.1) is 0 Å². The number of pyridine rings is 1. The van der Waals surface area contributed by atoms with Gasteiger partial charge in [-0.1, -0.05) is 12.1 Å². The van der Waals surface area contributed by atoms with Crippen LogP contribution in [0.2, 0.25) is 0 Å². The van der Waals surface area contributed by atoms with E-state index >= 15 is 0 Å². The third-order valence-electron chi connectivity index (χ3n) is 4.76. The molecule has 0 spiro atoms. The minimum atomic E-state index is -4.05. The van der Waals surface area contributed by atoms with Gasteiger partial charge in [-0.05, 0) is 37.0 Å². The van der Waals surface area contributed by atoms with Gasteiger partial charge in [0.25, 0.3) is 5.69 Å². The molecule has 0 aliphatic carbocycles. The molecule has 0 atom stereocenters. The topological polar surface area (TPSA) is 140 Å². The van der Waals surface area contributed by atoms with Crippen molar-refractivity contribution in [3.05, 3.63) is 58.9 Å². The highest BCUT2D eigenvalue weighted by atomic mass is 32.2. The summed E-state index contributed by atoms with van der Waals surface area (Å²) in [5, 5.41) is 11.1. The zero-order valence-corrected chi connectivity index (χ0v) is 17.0. The summed E-state index contributed by atoms with van der Waals surface area (Å²) < 4.78 is 53.9. The predicted molar refractivity (Wildman–Crippen MR) is 104 cm³/mol. The zero-order chi connectivity index (χ0) is 21.1. The average Bonchev–Trinajstić information content (AvgIpc) is 2.73. The molecule has 0 radical (unpaired) electrons. The second kappa shape index (κ2) is 8.53. The van der Waals surface area contributed by atoms with E-state index in [9.17, 15) is 26.9 Å². The Hall–Kier alpha value is -2.41. The third kappa shape index (κ3) is 4.78. The Bertz CT molecular complexity index is 1080. The maximum absolute atomic E-state index is 12.6. The number of hydrogen-bond acceptors (Lipinski definition) is 7. The van der Waals surface area contributed by atoms with Crippen molar-refractivity contribution in [2.45, 2.75) is 22.6 Å². The largest absolute Gasteiger partial charge is 0.289 e. The maximum atomic E-state index is 12.6. The van der Waals surface area contributed by atoms with Crippen LogP contribution >= 0.6 is 0 Å². The second-order valence-corrected chi connectivity index (χ2v) is 10.3. The summed E-state index contributed by atoms with van der Waals surface area (Å²) in [4.78, 5) is 13.9. The minimum absolute atomic E-state index is 0.0760. The molecule has 10 nitrogen and oxygen atoms in total. The van der Waals surface area contributed by atoms with Crippen LogP contribution in [0.15, 0.2) is 58.6 Å². The van der Waals surface area contributed by atoms with Crippen LogP contribution in [-0.4, -0.2) is 50.7 Å². The molecule has 29 heavy (non-hydrogen) atoms. The van der Waals surface area contributed by atoms with Crippen LogP contribution in [0, 0.1) is 16.0 Å². The van der Waals surface area contributed by atoms with Crippen LogP contribution in [0.4, 0.5) is 5.69 Å². The highest BCUT2D eigenvalue weighted by molar-refractivity contribution is 7.89. The fourth-order valence-electron chi connectivity index (χ4n) is 3.14. The van der Waals surface area contributed by atoms with Gasteiger partial charge in [0.1, 0.15) is 4.90 Å². The number of rotatable bonds is 7. The molecule has 156 valence electrons. The van der Waals surface area contributed by atoms with E-state index in [1.54, 1.807) is 6.07 Å². The van der Waals surface area contributed by atoms with Crippen LogP contribution in [0.25, 0.3) is 0 Å². The first kappa shape index (κ1) is 21.3. The fraction of sp³-hybridized carbons (Fsp3) is 0.353. The van der Waals surface area contributed by atoms with E-state index in [1.165, 1.54) is 41.0 Å². The Balaban J connectivity index is 1.61. The van der Waals surface area contributed by atoms with Crippen molar-refractivity contribution in [1.29, 1.82) is 0 Å². The Morgan fingerprint density at radius 1 is 1.10 bits per heavy atom. The molecule has 1 aromatic carbocycles. The van der Waals surface area contributed by atoms with Gasteiger partial charge in [0.15, 0.2) is 4.90 Å². The van der Waals surface area contributed by atoms with Crippen molar-refractivity contribution in [1.82, 2.24) is 14.0 Å². The summed E-state index contributed by atoms with van der Waals surface area (Å²) in [5.74, 6) is -0.0760. The Labute approximate surface area is 168 Å². The molecular weight excluding hydrogens is 420 g/mol. The molecule has 1 aromatic heterocycles. The molecule has 1 N–H and O–H groups in total. The highest BCUT2D eigenvalue weighted by Gasteiger charge is 2.31. The van der Waals surface area contributed by atoms with Crippen LogP contribution in [0.5, 0.6) is 0 Å². The third-order valence-corrected chi connectivity index (χ3v) is 8.11. The van der Waals surface area contributed by atoms with Crippen molar-refractivity contribution < 1.29 is 21.8 Å². The second-order valence-electron chi connectivity index (χ2n) is 6.61. The minimum Gasteiger partial charge on any atom is -0.263 e. The molecule has 1 saturated heterocycles. The van der Waals surface area contributed by atoms with E-state index < -0.39 is 30.7 Å². The Morgan fingerprint density at radius 3 is 2.41 bits per heavy atom. The molecule has 2 heterocycles. The molecule has 2 aromatic rings. The molecule has 0 saturated carbocycles. The van der Waals surface area contributed by atoms with Crippen molar-refractivity contribution in [2.75, 3.05) is 19.6 Å². The fourth-order valence-corrected chi connectivity index (χ4v) is 5.86. The Kier molecular flexibility index (Phi) is 6.27. The number of para-hydroxylation sites is 1. The lowest BCUT2D eigenvalue weighted by atomic mass is 9.99. The number of sulfonamides is 2. The molecule has 1 fully saturated rings. The van der Waals surface area contributed by atoms with E-state index in [4.69, 9.17) is 0 Å². The monoisotopic (exact) mass is 440 g/mol. The van der Waals surface area contributed by atoms with Gasteiger partial charge in [-0.25, -0.2) is 21.6 Å². The molecule has 0 unspecified atom stereocenters. The molecule has 1 aliphatic rings. The van der Waals surface area contributed by atoms with Crippen LogP contribution in [-0.2, 0) is 20.0 Å². The maximum Gasteiger partial charge on any atom is 0.289 e. The summed E-state index contributed by atoms with van der Waals surface area (Å²) in [6.45, 7) is 0.597. The van der Waals surface area contributed by atoms with Crippen LogP contribution in [0.1, 0.15) is 12.8 Å². The van der Waals surface area contributed by atoms with Crippen molar-refractivity contribution in [2.24, 2.45) is 5.92 Å². The number of nitro groups is 1. The molecule has 0 bridgehead atoms. The normalized spacial score (nSPS) is 16.6. The van der Waals surface area contributed by atoms with Crippen molar-refractivity contribution in [3.8, 4) is 0 Å². The first-order chi connectivity index (χ1) is 13.7.